The van der Waals surface area contributed by atoms with Gasteiger partial charge in [0.1, 0.15) is 5.75 Å². The van der Waals surface area contributed by atoms with Gasteiger partial charge in [-0.3, -0.25) is 0 Å². The summed E-state index contributed by atoms with van der Waals surface area (Å²) in [7, 11) is 1.84. The van der Waals surface area contributed by atoms with E-state index >= 15 is 0 Å². The average Bonchev–Trinajstić information content (AvgIpc) is 1.95. The first kappa shape index (κ1) is 6.93. The van der Waals surface area contributed by atoms with Crippen molar-refractivity contribution in [1.29, 1.82) is 0 Å². The molecular weight excluding hydrogens is 126 g/mol. The molecule has 0 bridgehead atoms. The molecule has 0 atom stereocenters. The van der Waals surface area contributed by atoms with Crippen molar-refractivity contribution in [1.82, 2.24) is 0 Å². The van der Waals surface area contributed by atoms with Gasteiger partial charge in [-0.25, -0.2) is 0 Å². The molecule has 54 valence electrons. The van der Waals surface area contributed by atoms with Crippen molar-refractivity contribution in [3.05, 3.63) is 23.8 Å². The van der Waals surface area contributed by atoms with Gasteiger partial charge in [-0.15, -0.1) is 0 Å². The lowest BCUT2D eigenvalue weighted by Crippen LogP contribution is -1.90. The van der Waals surface area contributed by atoms with Gasteiger partial charge in [0.05, 0.1) is 0 Å². The molecule has 0 aromatic heterocycles. The number of phenolic OH excluding ortho intramolecular Hbond substituents is 1. The molecule has 1 aromatic rings. The molecule has 0 unspecified atom stereocenters. The third-order valence-corrected chi connectivity index (χ3v) is 1.57. The third kappa shape index (κ3) is 1.05. The first-order chi connectivity index (χ1) is 4.75. The monoisotopic (exact) mass is 137 g/mol. The van der Waals surface area contributed by atoms with Gasteiger partial charge in [0.15, 0.2) is 0 Å². The molecule has 2 heteroatoms. The molecule has 2 nitrogen and oxygen atoms in total. The lowest BCUT2D eigenvalue weighted by atomic mass is 10.2. The van der Waals surface area contributed by atoms with Gasteiger partial charge in [-0.2, -0.15) is 0 Å². The van der Waals surface area contributed by atoms with E-state index in [4.69, 9.17) is 0 Å². The maximum Gasteiger partial charge on any atom is 0.120 e. The zero-order valence-electron chi connectivity index (χ0n) is 6.18. The molecule has 2 N–H and O–H groups in total. The van der Waals surface area contributed by atoms with E-state index in [0.717, 1.165) is 11.3 Å². The number of aromatic hydroxyl groups is 1. The molecule has 0 aliphatic heterocycles. The maximum absolute atomic E-state index is 9.19. The summed E-state index contributed by atoms with van der Waals surface area (Å²) in [6.07, 6.45) is 0. The Balaban J connectivity index is 3.14. The summed E-state index contributed by atoms with van der Waals surface area (Å²) < 4.78 is 0. The molecule has 0 spiro atoms. The number of anilines is 1. The Kier molecular flexibility index (Phi) is 1.81. The Morgan fingerprint density at radius 3 is 2.60 bits per heavy atom. The predicted octanol–water partition coefficient (Wildman–Crippen LogP) is 1.74. The summed E-state index contributed by atoms with van der Waals surface area (Å²) >= 11 is 0. The molecule has 0 fully saturated rings. The molecular formula is C8H11NO. The number of hydrogen-bond acceptors (Lipinski definition) is 2. The number of rotatable bonds is 1. The van der Waals surface area contributed by atoms with E-state index in [1.165, 1.54) is 0 Å². The van der Waals surface area contributed by atoms with Crippen molar-refractivity contribution in [3.8, 4) is 5.75 Å². The van der Waals surface area contributed by atoms with Crippen LogP contribution in [0.2, 0.25) is 0 Å². The molecule has 0 aliphatic carbocycles. The van der Waals surface area contributed by atoms with Crippen LogP contribution in [0, 0.1) is 6.92 Å². The highest BCUT2D eigenvalue weighted by molar-refractivity contribution is 5.55. The highest BCUT2D eigenvalue weighted by atomic mass is 16.3. The van der Waals surface area contributed by atoms with Gasteiger partial charge < -0.3 is 10.4 Å². The molecule has 0 saturated carbocycles. The highest BCUT2D eigenvalue weighted by Crippen LogP contribution is 2.22. The van der Waals surface area contributed by atoms with Gasteiger partial charge >= 0.3 is 0 Å². The van der Waals surface area contributed by atoms with Crippen LogP contribution in [-0.4, -0.2) is 12.2 Å². The SMILES string of the molecule is CNc1cccc(O)c1C. The Bertz CT molecular complexity index is 233. The molecule has 0 saturated heterocycles. The third-order valence-electron chi connectivity index (χ3n) is 1.57. The van der Waals surface area contributed by atoms with Crippen LogP contribution in [0.1, 0.15) is 5.56 Å². The van der Waals surface area contributed by atoms with Crippen LogP contribution >= 0.6 is 0 Å². The van der Waals surface area contributed by atoms with Crippen LogP contribution in [0.5, 0.6) is 5.75 Å². The molecule has 10 heavy (non-hydrogen) atoms. The number of hydrogen-bond donors (Lipinski definition) is 2. The van der Waals surface area contributed by atoms with Crippen LogP contribution in [0.3, 0.4) is 0 Å². The molecule has 1 rings (SSSR count). The highest BCUT2D eigenvalue weighted by Gasteiger charge is 1.97. The smallest absolute Gasteiger partial charge is 0.120 e. The van der Waals surface area contributed by atoms with Crippen LogP contribution in [0.25, 0.3) is 0 Å². The van der Waals surface area contributed by atoms with E-state index in [1.807, 2.05) is 26.1 Å². The Morgan fingerprint density at radius 2 is 2.10 bits per heavy atom. The van der Waals surface area contributed by atoms with Crippen molar-refractivity contribution in [2.45, 2.75) is 6.92 Å². The molecule has 0 amide bonds. The maximum atomic E-state index is 9.19. The van der Waals surface area contributed by atoms with Crippen molar-refractivity contribution in [3.63, 3.8) is 0 Å². The fraction of sp³-hybridized carbons (Fsp3) is 0.250. The van der Waals surface area contributed by atoms with Crippen molar-refractivity contribution >= 4 is 5.69 Å². The fourth-order valence-corrected chi connectivity index (χ4v) is 0.894. The van der Waals surface area contributed by atoms with Gasteiger partial charge in [-0.05, 0) is 19.1 Å². The molecule has 0 radical (unpaired) electrons. The summed E-state index contributed by atoms with van der Waals surface area (Å²) in [4.78, 5) is 0. The van der Waals surface area contributed by atoms with Crippen molar-refractivity contribution in [2.24, 2.45) is 0 Å². The van der Waals surface area contributed by atoms with Crippen molar-refractivity contribution in [2.75, 3.05) is 12.4 Å². The summed E-state index contributed by atoms with van der Waals surface area (Å²) in [6, 6.07) is 5.42. The average molecular weight is 137 g/mol. The number of phenols is 1. The van der Waals surface area contributed by atoms with E-state index in [1.54, 1.807) is 6.07 Å². The quantitative estimate of drug-likeness (QED) is 0.618. The summed E-state index contributed by atoms with van der Waals surface area (Å²) in [5.74, 6) is 0.340. The van der Waals surface area contributed by atoms with Crippen LogP contribution in [0.4, 0.5) is 5.69 Å². The second kappa shape index (κ2) is 2.60. The molecule has 1 aromatic carbocycles. The lowest BCUT2D eigenvalue weighted by Gasteiger charge is -2.04. The predicted molar refractivity (Wildman–Crippen MR) is 42.4 cm³/mol. The van der Waals surface area contributed by atoms with E-state index in [9.17, 15) is 5.11 Å². The van der Waals surface area contributed by atoms with Gasteiger partial charge in [0.2, 0.25) is 0 Å². The lowest BCUT2D eigenvalue weighted by molar-refractivity contribution is 0.471. The van der Waals surface area contributed by atoms with E-state index in [-0.39, 0.29) is 0 Å². The Morgan fingerprint density at radius 1 is 1.40 bits per heavy atom. The molecule has 0 heterocycles. The van der Waals surface area contributed by atoms with Crippen LogP contribution in [0.15, 0.2) is 18.2 Å². The standard InChI is InChI=1S/C8H11NO/c1-6-7(9-2)4-3-5-8(6)10/h3-5,9-10H,1-2H3. The van der Waals surface area contributed by atoms with E-state index in [0.29, 0.717) is 5.75 Å². The minimum atomic E-state index is 0.340. The van der Waals surface area contributed by atoms with Gasteiger partial charge in [-0.1, -0.05) is 6.07 Å². The topological polar surface area (TPSA) is 32.3 Å². The van der Waals surface area contributed by atoms with Gasteiger partial charge in [0.25, 0.3) is 0 Å². The van der Waals surface area contributed by atoms with E-state index < -0.39 is 0 Å². The number of nitrogens with one attached hydrogen (secondary N) is 1. The van der Waals surface area contributed by atoms with Crippen LogP contribution < -0.4 is 5.32 Å². The largest absolute Gasteiger partial charge is 0.508 e. The minimum absolute atomic E-state index is 0.340. The first-order valence-electron chi connectivity index (χ1n) is 3.22. The summed E-state index contributed by atoms with van der Waals surface area (Å²) in [6.45, 7) is 1.88. The van der Waals surface area contributed by atoms with Crippen molar-refractivity contribution < 1.29 is 5.11 Å². The summed E-state index contributed by atoms with van der Waals surface area (Å²) in [5, 5.41) is 12.2. The zero-order valence-corrected chi connectivity index (χ0v) is 6.18. The van der Waals surface area contributed by atoms with Crippen LogP contribution in [-0.2, 0) is 0 Å². The second-order valence-corrected chi connectivity index (χ2v) is 2.20. The summed E-state index contributed by atoms with van der Waals surface area (Å²) in [5.41, 5.74) is 1.87. The fourth-order valence-electron chi connectivity index (χ4n) is 0.894. The molecule has 0 aliphatic rings. The van der Waals surface area contributed by atoms with Gasteiger partial charge in [0, 0.05) is 18.3 Å². The number of benzene rings is 1. The normalized spacial score (nSPS) is 9.40. The Hall–Kier alpha value is -1.18. The minimum Gasteiger partial charge on any atom is -0.508 e. The first-order valence-corrected chi connectivity index (χ1v) is 3.22. The Labute approximate surface area is 60.5 Å². The van der Waals surface area contributed by atoms with E-state index in [2.05, 4.69) is 5.32 Å². The zero-order chi connectivity index (χ0) is 7.56. The second-order valence-electron chi connectivity index (χ2n) is 2.20.